The van der Waals surface area contributed by atoms with E-state index in [0.29, 0.717) is 11.3 Å². The molecule has 1 fully saturated rings. The molecule has 0 atom stereocenters. The average Bonchev–Trinajstić information content (AvgIpc) is 3.16. The van der Waals surface area contributed by atoms with Crippen molar-refractivity contribution in [2.75, 3.05) is 18.4 Å². The number of nitrogens with zero attached hydrogens (tertiary/aromatic N) is 5. The minimum absolute atomic E-state index is 0.0642. The third-order valence-electron chi connectivity index (χ3n) is 4.89. The maximum atomic E-state index is 14.5. The lowest BCUT2D eigenvalue weighted by Gasteiger charge is -2.34. The van der Waals surface area contributed by atoms with E-state index in [1.165, 1.54) is 27.8 Å². The number of amides is 2. The molecule has 1 aromatic carbocycles. The van der Waals surface area contributed by atoms with Crippen LogP contribution in [0.4, 0.5) is 19.3 Å². The van der Waals surface area contributed by atoms with E-state index in [9.17, 15) is 13.6 Å². The first-order chi connectivity index (χ1) is 14.6. The minimum atomic E-state index is -0.987. The maximum absolute atomic E-state index is 14.5. The molecule has 1 aliphatic rings. The Morgan fingerprint density at radius 1 is 1.13 bits per heavy atom. The monoisotopic (exact) mass is 406 g/mol. The Balaban J connectivity index is 1.45. The summed E-state index contributed by atoms with van der Waals surface area (Å²) in [6, 6.07) is 11.2. The molecular formula is C21H16F2N6O. The number of hydrogen-bond donors (Lipinski definition) is 1. The van der Waals surface area contributed by atoms with Gasteiger partial charge in [-0.15, -0.1) is 5.10 Å². The number of benzene rings is 1. The standard InChI is InChI=1S/C21H16F2N6O/c22-15-11-28(12-15)21(30)26-16-4-5-17(23)19(8-16)29-10-14-7-13(9-25-20(14)27-29)18-3-1-2-6-24-18/h1-10,15H,11-12H2,(H,26,30). The van der Waals surface area contributed by atoms with Crippen LogP contribution in [0, 0.1) is 5.82 Å². The number of urea groups is 1. The molecule has 7 nitrogen and oxygen atoms in total. The summed E-state index contributed by atoms with van der Waals surface area (Å²) in [5.41, 5.74) is 2.61. The summed E-state index contributed by atoms with van der Waals surface area (Å²) in [5, 5.41) is 7.72. The minimum Gasteiger partial charge on any atom is -0.319 e. The number of likely N-dealkylation sites (tertiary alicyclic amines) is 1. The van der Waals surface area contributed by atoms with E-state index in [-0.39, 0.29) is 18.8 Å². The summed E-state index contributed by atoms with van der Waals surface area (Å²) in [4.78, 5) is 22.1. The predicted molar refractivity (Wildman–Crippen MR) is 108 cm³/mol. The van der Waals surface area contributed by atoms with Crippen molar-refractivity contribution in [3.8, 4) is 16.9 Å². The molecule has 150 valence electrons. The lowest BCUT2D eigenvalue weighted by molar-refractivity contribution is 0.0974. The van der Waals surface area contributed by atoms with Gasteiger partial charge in [0.25, 0.3) is 0 Å². The first-order valence-corrected chi connectivity index (χ1v) is 9.33. The molecule has 5 rings (SSSR count). The second-order valence-corrected chi connectivity index (χ2v) is 7.02. The van der Waals surface area contributed by atoms with Gasteiger partial charge >= 0.3 is 6.03 Å². The molecule has 0 unspecified atom stereocenters. The van der Waals surface area contributed by atoms with E-state index in [1.54, 1.807) is 18.6 Å². The first-order valence-electron chi connectivity index (χ1n) is 9.33. The van der Waals surface area contributed by atoms with Crippen LogP contribution in [0.3, 0.4) is 0 Å². The zero-order chi connectivity index (χ0) is 20.7. The Labute approximate surface area is 170 Å². The highest BCUT2D eigenvalue weighted by atomic mass is 19.1. The van der Waals surface area contributed by atoms with Crippen molar-refractivity contribution in [1.82, 2.24) is 24.6 Å². The largest absolute Gasteiger partial charge is 0.322 e. The molecule has 0 bridgehead atoms. The van der Waals surface area contributed by atoms with E-state index in [0.717, 1.165) is 16.6 Å². The predicted octanol–water partition coefficient (Wildman–Crippen LogP) is 3.81. The molecule has 0 saturated carbocycles. The summed E-state index contributed by atoms with van der Waals surface area (Å²) in [6.45, 7) is 0.128. The van der Waals surface area contributed by atoms with Gasteiger partial charge in [0.1, 0.15) is 17.7 Å². The number of halogens is 2. The molecule has 9 heteroatoms. The molecule has 4 aromatic rings. The molecule has 0 aliphatic carbocycles. The molecule has 1 N–H and O–H groups in total. The van der Waals surface area contributed by atoms with E-state index in [1.807, 2.05) is 24.3 Å². The molecule has 3 aromatic heterocycles. The quantitative estimate of drug-likeness (QED) is 0.561. The van der Waals surface area contributed by atoms with Gasteiger partial charge in [0, 0.05) is 35.2 Å². The molecule has 0 spiro atoms. The first kappa shape index (κ1) is 18.2. The van der Waals surface area contributed by atoms with Gasteiger partial charge in [0.2, 0.25) is 0 Å². The fourth-order valence-electron chi connectivity index (χ4n) is 3.27. The van der Waals surface area contributed by atoms with Gasteiger partial charge in [0.15, 0.2) is 5.65 Å². The number of alkyl halides is 1. The molecule has 2 amide bonds. The van der Waals surface area contributed by atoms with Crippen molar-refractivity contribution in [2.24, 2.45) is 0 Å². The van der Waals surface area contributed by atoms with E-state index in [2.05, 4.69) is 20.4 Å². The lowest BCUT2D eigenvalue weighted by Crippen LogP contribution is -2.53. The van der Waals surface area contributed by atoms with Crippen molar-refractivity contribution in [3.63, 3.8) is 0 Å². The zero-order valence-corrected chi connectivity index (χ0v) is 15.7. The fourth-order valence-corrected chi connectivity index (χ4v) is 3.27. The van der Waals surface area contributed by atoms with Crippen molar-refractivity contribution in [1.29, 1.82) is 0 Å². The van der Waals surface area contributed by atoms with E-state index in [4.69, 9.17) is 0 Å². The number of rotatable bonds is 3. The van der Waals surface area contributed by atoms with Gasteiger partial charge in [-0.25, -0.2) is 23.2 Å². The van der Waals surface area contributed by atoms with Gasteiger partial charge in [-0.2, -0.15) is 0 Å². The smallest absolute Gasteiger partial charge is 0.319 e. The van der Waals surface area contributed by atoms with Crippen LogP contribution >= 0.6 is 0 Å². The molecule has 0 radical (unpaired) electrons. The molecular weight excluding hydrogens is 390 g/mol. The van der Waals surface area contributed by atoms with E-state index >= 15 is 0 Å². The van der Waals surface area contributed by atoms with Crippen LogP contribution in [0.2, 0.25) is 0 Å². The second-order valence-electron chi connectivity index (χ2n) is 7.02. The van der Waals surface area contributed by atoms with Crippen LogP contribution in [-0.2, 0) is 0 Å². The Bertz CT molecular complexity index is 1240. The number of pyridine rings is 2. The summed E-state index contributed by atoms with van der Waals surface area (Å²) in [7, 11) is 0. The van der Waals surface area contributed by atoms with Crippen molar-refractivity contribution in [3.05, 3.63) is 66.9 Å². The summed E-state index contributed by atoms with van der Waals surface area (Å²) >= 11 is 0. The summed E-state index contributed by atoms with van der Waals surface area (Å²) in [6.07, 6.45) is 4.05. The van der Waals surface area contributed by atoms with Crippen LogP contribution in [0.1, 0.15) is 0 Å². The highest BCUT2D eigenvalue weighted by Crippen LogP contribution is 2.24. The number of anilines is 1. The van der Waals surface area contributed by atoms with Gasteiger partial charge in [0.05, 0.1) is 18.8 Å². The van der Waals surface area contributed by atoms with Gasteiger partial charge in [-0.05, 0) is 36.4 Å². The van der Waals surface area contributed by atoms with Crippen LogP contribution in [0.5, 0.6) is 0 Å². The number of hydrogen-bond acceptors (Lipinski definition) is 4. The average molecular weight is 406 g/mol. The van der Waals surface area contributed by atoms with Gasteiger partial charge in [-0.3, -0.25) is 4.98 Å². The normalized spacial score (nSPS) is 14.0. The summed E-state index contributed by atoms with van der Waals surface area (Å²) < 4.78 is 28.8. The Morgan fingerprint density at radius 2 is 2.00 bits per heavy atom. The van der Waals surface area contributed by atoms with Crippen LogP contribution in [-0.4, -0.2) is 49.9 Å². The van der Waals surface area contributed by atoms with Crippen LogP contribution < -0.4 is 5.32 Å². The third kappa shape index (κ3) is 3.34. The zero-order valence-electron chi connectivity index (χ0n) is 15.7. The van der Waals surface area contributed by atoms with Gasteiger partial charge in [-0.1, -0.05) is 6.07 Å². The molecule has 30 heavy (non-hydrogen) atoms. The maximum Gasteiger partial charge on any atom is 0.322 e. The van der Waals surface area contributed by atoms with Crippen molar-refractivity contribution < 1.29 is 13.6 Å². The lowest BCUT2D eigenvalue weighted by atomic mass is 10.1. The van der Waals surface area contributed by atoms with Crippen molar-refractivity contribution >= 4 is 22.8 Å². The number of aromatic nitrogens is 4. The molecule has 4 heterocycles. The number of carbonyl (C=O) groups excluding carboxylic acids is 1. The second kappa shape index (κ2) is 7.18. The van der Waals surface area contributed by atoms with Crippen LogP contribution in [0.25, 0.3) is 28.0 Å². The molecule has 1 saturated heterocycles. The Hall–Kier alpha value is -3.88. The fraction of sp³-hybridized carbons (Fsp3) is 0.143. The Morgan fingerprint density at radius 3 is 2.77 bits per heavy atom. The number of fused-ring (bicyclic) bond motifs is 1. The SMILES string of the molecule is O=C(Nc1ccc(F)c(-n2cc3cc(-c4ccccn4)cnc3n2)c1)N1CC(F)C1. The number of nitrogens with one attached hydrogen (secondary N) is 1. The Kier molecular flexibility index (Phi) is 4.35. The highest BCUT2D eigenvalue weighted by molar-refractivity contribution is 5.90. The van der Waals surface area contributed by atoms with Crippen LogP contribution in [0.15, 0.2) is 61.1 Å². The molecule has 1 aliphatic heterocycles. The van der Waals surface area contributed by atoms with Gasteiger partial charge < -0.3 is 10.2 Å². The summed E-state index contributed by atoms with van der Waals surface area (Å²) in [5.74, 6) is -0.501. The third-order valence-corrected chi connectivity index (χ3v) is 4.89. The number of carbonyl (C=O) groups is 1. The topological polar surface area (TPSA) is 75.9 Å². The van der Waals surface area contributed by atoms with Crippen molar-refractivity contribution in [2.45, 2.75) is 6.17 Å². The van der Waals surface area contributed by atoms with E-state index < -0.39 is 18.0 Å². The highest BCUT2D eigenvalue weighted by Gasteiger charge is 2.30.